The monoisotopic (exact) mass is 183 g/mol. The number of likely N-dealkylation sites (tertiary alicyclic amines) is 1. The molecule has 0 amide bonds. The summed E-state index contributed by atoms with van der Waals surface area (Å²) in [7, 11) is 2.10. The van der Waals surface area contributed by atoms with Gasteiger partial charge in [0.25, 0.3) is 0 Å². The Bertz CT molecular complexity index is 330. The van der Waals surface area contributed by atoms with Crippen LogP contribution in [-0.4, -0.2) is 35.2 Å². The molecular formula is C8H13N3O2. The van der Waals surface area contributed by atoms with Crippen molar-refractivity contribution in [3.05, 3.63) is 16.4 Å². The van der Waals surface area contributed by atoms with E-state index >= 15 is 0 Å². The summed E-state index contributed by atoms with van der Waals surface area (Å²) < 4.78 is 4.43. The van der Waals surface area contributed by atoms with E-state index in [4.69, 9.17) is 0 Å². The van der Waals surface area contributed by atoms with Gasteiger partial charge >= 0.3 is 5.76 Å². The van der Waals surface area contributed by atoms with Gasteiger partial charge in [-0.25, -0.2) is 4.79 Å². The molecule has 72 valence electrons. The molecule has 5 nitrogen and oxygen atoms in total. The van der Waals surface area contributed by atoms with Crippen molar-refractivity contribution >= 4 is 0 Å². The van der Waals surface area contributed by atoms with E-state index in [0.717, 1.165) is 19.5 Å². The van der Waals surface area contributed by atoms with Crippen molar-refractivity contribution in [1.82, 2.24) is 15.0 Å². The summed E-state index contributed by atoms with van der Waals surface area (Å²) >= 11 is 0. The minimum atomic E-state index is -0.457. The number of nitrogens with one attached hydrogen (secondary N) is 1. The van der Waals surface area contributed by atoms with Crippen molar-refractivity contribution < 1.29 is 4.52 Å². The molecule has 2 rings (SSSR count). The van der Waals surface area contributed by atoms with Gasteiger partial charge in [0.05, 0.1) is 0 Å². The summed E-state index contributed by atoms with van der Waals surface area (Å²) in [5.41, 5.74) is 0. The highest BCUT2D eigenvalue weighted by molar-refractivity contribution is 4.85. The predicted molar refractivity (Wildman–Crippen MR) is 46.4 cm³/mol. The molecule has 1 atom stereocenters. The standard InChI is InChI=1S/C8H13N3O2/c1-11-3-2-6(5-11)4-7-9-8(12)13-10-7/h6H,2-5H2,1H3,(H,9,10,12). The maximum absolute atomic E-state index is 10.6. The molecule has 0 spiro atoms. The maximum atomic E-state index is 10.6. The minimum Gasteiger partial charge on any atom is -0.306 e. The number of aromatic nitrogens is 2. The SMILES string of the molecule is CN1CCC(Cc2noc(=O)[nH]2)C1. The average Bonchev–Trinajstić information content (AvgIpc) is 2.62. The van der Waals surface area contributed by atoms with Crippen LogP contribution in [0.3, 0.4) is 0 Å². The Labute approximate surface area is 75.7 Å². The van der Waals surface area contributed by atoms with Crippen LogP contribution in [0.1, 0.15) is 12.2 Å². The van der Waals surface area contributed by atoms with Gasteiger partial charge in [-0.2, -0.15) is 0 Å². The fourth-order valence-corrected chi connectivity index (χ4v) is 1.81. The number of hydrogen-bond donors (Lipinski definition) is 1. The topological polar surface area (TPSA) is 62.1 Å². The highest BCUT2D eigenvalue weighted by Gasteiger charge is 2.20. The second-order valence-corrected chi connectivity index (χ2v) is 3.66. The third-order valence-electron chi connectivity index (χ3n) is 2.46. The quantitative estimate of drug-likeness (QED) is 0.693. The van der Waals surface area contributed by atoms with Gasteiger partial charge in [-0.1, -0.05) is 5.16 Å². The van der Waals surface area contributed by atoms with Gasteiger partial charge in [0.15, 0.2) is 5.82 Å². The van der Waals surface area contributed by atoms with Crippen LogP contribution < -0.4 is 5.76 Å². The lowest BCUT2D eigenvalue weighted by Crippen LogP contribution is -2.15. The van der Waals surface area contributed by atoms with Crippen molar-refractivity contribution in [3.8, 4) is 0 Å². The van der Waals surface area contributed by atoms with Gasteiger partial charge in [-0.05, 0) is 25.9 Å². The van der Waals surface area contributed by atoms with Gasteiger partial charge in [0.2, 0.25) is 0 Å². The van der Waals surface area contributed by atoms with Crippen LogP contribution in [0, 0.1) is 5.92 Å². The number of nitrogens with zero attached hydrogens (tertiary/aromatic N) is 2. The first-order valence-electron chi connectivity index (χ1n) is 4.47. The second-order valence-electron chi connectivity index (χ2n) is 3.66. The summed E-state index contributed by atoms with van der Waals surface area (Å²) in [4.78, 5) is 15.5. The first kappa shape index (κ1) is 8.50. The van der Waals surface area contributed by atoms with E-state index in [2.05, 4.69) is 26.6 Å². The molecule has 0 saturated carbocycles. The number of H-pyrrole nitrogens is 1. The smallest absolute Gasteiger partial charge is 0.306 e. The molecule has 1 aromatic heterocycles. The third-order valence-corrected chi connectivity index (χ3v) is 2.46. The zero-order chi connectivity index (χ0) is 9.26. The highest BCUT2D eigenvalue weighted by atomic mass is 16.5. The molecule has 0 aromatic carbocycles. The largest absolute Gasteiger partial charge is 0.438 e. The van der Waals surface area contributed by atoms with E-state index in [1.165, 1.54) is 6.42 Å². The van der Waals surface area contributed by atoms with Crippen LogP contribution in [0.15, 0.2) is 9.32 Å². The fraction of sp³-hybridized carbons (Fsp3) is 0.750. The van der Waals surface area contributed by atoms with Gasteiger partial charge in [-0.15, -0.1) is 0 Å². The Balaban J connectivity index is 1.95. The molecule has 1 aliphatic rings. The summed E-state index contributed by atoms with van der Waals surface area (Å²) in [5.74, 6) is 0.817. The normalized spacial score (nSPS) is 23.9. The van der Waals surface area contributed by atoms with Crippen LogP contribution in [0.4, 0.5) is 0 Å². The molecule has 1 unspecified atom stereocenters. The number of aromatic amines is 1. The number of hydrogen-bond acceptors (Lipinski definition) is 4. The van der Waals surface area contributed by atoms with Crippen LogP contribution in [0.5, 0.6) is 0 Å². The molecule has 0 bridgehead atoms. The van der Waals surface area contributed by atoms with Crippen LogP contribution in [-0.2, 0) is 6.42 Å². The summed E-state index contributed by atoms with van der Waals surface area (Å²) in [6, 6.07) is 0. The van der Waals surface area contributed by atoms with Crippen LogP contribution >= 0.6 is 0 Å². The van der Waals surface area contributed by atoms with E-state index in [1.807, 2.05) is 0 Å². The van der Waals surface area contributed by atoms with Crippen molar-refractivity contribution in [3.63, 3.8) is 0 Å². The maximum Gasteiger partial charge on any atom is 0.438 e. The Morgan fingerprint density at radius 3 is 3.15 bits per heavy atom. The summed E-state index contributed by atoms with van der Waals surface area (Å²) in [6.07, 6.45) is 1.99. The first-order valence-corrected chi connectivity index (χ1v) is 4.47. The molecule has 1 saturated heterocycles. The van der Waals surface area contributed by atoms with E-state index in [1.54, 1.807) is 0 Å². The zero-order valence-electron chi connectivity index (χ0n) is 7.62. The Morgan fingerprint density at radius 1 is 1.77 bits per heavy atom. The van der Waals surface area contributed by atoms with Gasteiger partial charge in [0.1, 0.15) is 0 Å². The van der Waals surface area contributed by atoms with Crippen molar-refractivity contribution in [1.29, 1.82) is 0 Å². The first-order chi connectivity index (χ1) is 6.24. The van der Waals surface area contributed by atoms with Crippen molar-refractivity contribution in [2.24, 2.45) is 5.92 Å². The van der Waals surface area contributed by atoms with Gasteiger partial charge in [0, 0.05) is 13.0 Å². The molecule has 0 aliphatic carbocycles. The zero-order valence-corrected chi connectivity index (χ0v) is 7.62. The van der Waals surface area contributed by atoms with E-state index in [-0.39, 0.29) is 0 Å². The molecule has 0 radical (unpaired) electrons. The molecule has 5 heteroatoms. The van der Waals surface area contributed by atoms with E-state index < -0.39 is 5.76 Å². The predicted octanol–water partition coefficient (Wildman–Crippen LogP) is -0.143. The lowest BCUT2D eigenvalue weighted by molar-refractivity contribution is 0.370. The Morgan fingerprint density at radius 2 is 2.62 bits per heavy atom. The lowest BCUT2D eigenvalue weighted by atomic mass is 10.1. The van der Waals surface area contributed by atoms with Crippen molar-refractivity contribution in [2.45, 2.75) is 12.8 Å². The molecule has 1 N–H and O–H groups in total. The van der Waals surface area contributed by atoms with Crippen LogP contribution in [0.2, 0.25) is 0 Å². The lowest BCUT2D eigenvalue weighted by Gasteiger charge is -2.07. The molecular weight excluding hydrogens is 170 g/mol. The molecule has 2 heterocycles. The highest BCUT2D eigenvalue weighted by Crippen LogP contribution is 2.17. The average molecular weight is 183 g/mol. The fourth-order valence-electron chi connectivity index (χ4n) is 1.81. The Kier molecular flexibility index (Phi) is 2.18. The molecule has 1 aliphatic heterocycles. The van der Waals surface area contributed by atoms with Crippen LogP contribution in [0.25, 0.3) is 0 Å². The number of rotatable bonds is 2. The summed E-state index contributed by atoms with van der Waals surface area (Å²) in [5, 5.41) is 3.64. The second kappa shape index (κ2) is 3.33. The summed E-state index contributed by atoms with van der Waals surface area (Å²) in [6.45, 7) is 2.21. The third kappa shape index (κ3) is 1.98. The van der Waals surface area contributed by atoms with E-state index in [0.29, 0.717) is 11.7 Å². The molecule has 13 heavy (non-hydrogen) atoms. The van der Waals surface area contributed by atoms with Gasteiger partial charge < -0.3 is 4.90 Å². The van der Waals surface area contributed by atoms with E-state index in [9.17, 15) is 4.79 Å². The van der Waals surface area contributed by atoms with Gasteiger partial charge in [-0.3, -0.25) is 9.51 Å². The molecule has 1 aromatic rings. The Hall–Kier alpha value is -1.10. The molecule has 1 fully saturated rings. The minimum absolute atomic E-state index is 0.457. The van der Waals surface area contributed by atoms with Crippen molar-refractivity contribution in [2.75, 3.05) is 20.1 Å².